The van der Waals surface area contributed by atoms with Crippen molar-refractivity contribution in [3.8, 4) is 0 Å². The number of ether oxygens (including phenoxy) is 1. The zero-order valence-electron chi connectivity index (χ0n) is 9.00. The highest BCUT2D eigenvalue weighted by Gasteiger charge is 2.09. The molecule has 0 saturated carbocycles. The van der Waals surface area contributed by atoms with E-state index in [1.54, 1.807) is 7.11 Å². The van der Waals surface area contributed by atoms with Gasteiger partial charge in [0.25, 0.3) is 0 Å². The van der Waals surface area contributed by atoms with Gasteiger partial charge >= 0.3 is 0 Å². The summed E-state index contributed by atoms with van der Waals surface area (Å²) in [6, 6.07) is 0. The molecule has 0 unspecified atom stereocenters. The molecule has 0 aliphatic heterocycles. The van der Waals surface area contributed by atoms with Crippen LogP contribution >= 0.6 is 0 Å². The van der Waals surface area contributed by atoms with E-state index in [1.165, 1.54) is 5.57 Å². The predicted molar refractivity (Wildman–Crippen MR) is 55.7 cm³/mol. The summed E-state index contributed by atoms with van der Waals surface area (Å²) < 4.78 is 5.22. The van der Waals surface area contributed by atoms with Crippen LogP contribution in [0.4, 0.5) is 0 Å². The fourth-order valence-corrected chi connectivity index (χ4v) is 0.836. The van der Waals surface area contributed by atoms with Crippen molar-refractivity contribution in [3.63, 3.8) is 0 Å². The summed E-state index contributed by atoms with van der Waals surface area (Å²) in [6.07, 6.45) is 6.77. The standard InChI is InChI=1S/C11H20O2/c1-10(7-9-12)6-5-8-11(2,3)13-4/h5,7-8,12H,6,9H2,1-4H3/b8-5+,10-7-. The molecular formula is C11H20O2. The Morgan fingerprint density at radius 1 is 1.46 bits per heavy atom. The summed E-state index contributed by atoms with van der Waals surface area (Å²) in [5.41, 5.74) is 0.977. The van der Waals surface area contributed by atoms with Crippen molar-refractivity contribution in [2.45, 2.75) is 32.8 Å². The number of aliphatic hydroxyl groups is 1. The Balaban J connectivity index is 3.94. The van der Waals surface area contributed by atoms with Crippen LogP contribution in [0.15, 0.2) is 23.8 Å². The topological polar surface area (TPSA) is 29.5 Å². The molecule has 2 heteroatoms. The molecular weight excluding hydrogens is 164 g/mol. The highest BCUT2D eigenvalue weighted by molar-refractivity contribution is 5.07. The molecule has 0 aromatic carbocycles. The second-order valence-electron chi connectivity index (χ2n) is 3.65. The van der Waals surface area contributed by atoms with Gasteiger partial charge in [-0.05, 0) is 27.2 Å². The Kier molecular flexibility index (Phi) is 5.67. The fraction of sp³-hybridized carbons (Fsp3) is 0.636. The average Bonchev–Trinajstić information content (AvgIpc) is 2.05. The van der Waals surface area contributed by atoms with Crippen LogP contribution in [0.25, 0.3) is 0 Å². The van der Waals surface area contributed by atoms with Gasteiger partial charge in [-0.25, -0.2) is 0 Å². The molecule has 0 bridgehead atoms. The minimum absolute atomic E-state index is 0.118. The van der Waals surface area contributed by atoms with Gasteiger partial charge in [0.05, 0.1) is 12.2 Å². The van der Waals surface area contributed by atoms with Crippen molar-refractivity contribution in [2.75, 3.05) is 13.7 Å². The predicted octanol–water partition coefficient (Wildman–Crippen LogP) is 2.30. The molecule has 0 aromatic heterocycles. The molecule has 13 heavy (non-hydrogen) atoms. The Bertz CT molecular complexity index is 190. The summed E-state index contributed by atoms with van der Waals surface area (Å²) in [5, 5.41) is 8.62. The van der Waals surface area contributed by atoms with Crippen LogP contribution in [0, 0.1) is 0 Å². The van der Waals surface area contributed by atoms with Crippen LogP contribution in [0.1, 0.15) is 27.2 Å². The van der Waals surface area contributed by atoms with E-state index >= 15 is 0 Å². The Morgan fingerprint density at radius 3 is 2.54 bits per heavy atom. The first-order valence-electron chi connectivity index (χ1n) is 4.51. The third-order valence-electron chi connectivity index (χ3n) is 1.92. The molecule has 0 aliphatic rings. The minimum Gasteiger partial charge on any atom is -0.392 e. The normalized spacial score (nSPS) is 14.1. The first kappa shape index (κ1) is 12.4. The number of methoxy groups -OCH3 is 1. The van der Waals surface area contributed by atoms with E-state index in [4.69, 9.17) is 9.84 Å². The highest BCUT2D eigenvalue weighted by atomic mass is 16.5. The number of aliphatic hydroxyl groups excluding tert-OH is 1. The van der Waals surface area contributed by atoms with Crippen molar-refractivity contribution < 1.29 is 9.84 Å². The average molecular weight is 184 g/mol. The zero-order valence-corrected chi connectivity index (χ0v) is 9.00. The van der Waals surface area contributed by atoms with Crippen LogP contribution in [-0.2, 0) is 4.74 Å². The third kappa shape index (κ3) is 6.55. The molecule has 0 fully saturated rings. The molecule has 1 N–H and O–H groups in total. The molecule has 0 radical (unpaired) electrons. The zero-order chi connectivity index (χ0) is 10.3. The smallest absolute Gasteiger partial charge is 0.0802 e. The van der Waals surface area contributed by atoms with Gasteiger partial charge in [0.1, 0.15) is 0 Å². The molecule has 0 spiro atoms. The van der Waals surface area contributed by atoms with Crippen molar-refractivity contribution in [3.05, 3.63) is 23.8 Å². The molecule has 0 rings (SSSR count). The van der Waals surface area contributed by atoms with Gasteiger partial charge in [-0.2, -0.15) is 0 Å². The third-order valence-corrected chi connectivity index (χ3v) is 1.92. The number of hydrogen-bond acceptors (Lipinski definition) is 2. The quantitative estimate of drug-likeness (QED) is 0.664. The molecule has 76 valence electrons. The first-order valence-corrected chi connectivity index (χ1v) is 4.51. The van der Waals surface area contributed by atoms with E-state index in [9.17, 15) is 0 Å². The van der Waals surface area contributed by atoms with Crippen LogP contribution in [-0.4, -0.2) is 24.4 Å². The lowest BCUT2D eigenvalue weighted by molar-refractivity contribution is 0.0654. The van der Waals surface area contributed by atoms with Gasteiger partial charge in [0.15, 0.2) is 0 Å². The van der Waals surface area contributed by atoms with Crippen LogP contribution in [0.5, 0.6) is 0 Å². The van der Waals surface area contributed by atoms with Gasteiger partial charge in [0, 0.05) is 7.11 Å². The monoisotopic (exact) mass is 184 g/mol. The minimum atomic E-state index is -0.195. The second-order valence-corrected chi connectivity index (χ2v) is 3.65. The van der Waals surface area contributed by atoms with Crippen LogP contribution < -0.4 is 0 Å². The van der Waals surface area contributed by atoms with Gasteiger partial charge in [-0.15, -0.1) is 0 Å². The molecule has 0 aliphatic carbocycles. The molecule has 0 aromatic rings. The maximum absolute atomic E-state index is 8.62. The summed E-state index contributed by atoms with van der Waals surface area (Å²) >= 11 is 0. The van der Waals surface area contributed by atoms with E-state index in [1.807, 2.05) is 32.9 Å². The maximum atomic E-state index is 8.62. The lowest BCUT2D eigenvalue weighted by atomic mass is 10.1. The molecule has 0 amide bonds. The molecule has 0 atom stereocenters. The number of hydrogen-bond donors (Lipinski definition) is 1. The van der Waals surface area contributed by atoms with Gasteiger partial charge in [0.2, 0.25) is 0 Å². The number of allylic oxidation sites excluding steroid dienone is 2. The lowest BCUT2D eigenvalue weighted by Crippen LogP contribution is -2.18. The van der Waals surface area contributed by atoms with Crippen molar-refractivity contribution >= 4 is 0 Å². The van der Waals surface area contributed by atoms with Gasteiger partial charge < -0.3 is 9.84 Å². The summed E-state index contributed by atoms with van der Waals surface area (Å²) in [5.74, 6) is 0. The van der Waals surface area contributed by atoms with Crippen LogP contribution in [0.2, 0.25) is 0 Å². The summed E-state index contributed by atoms with van der Waals surface area (Å²) in [4.78, 5) is 0. The Labute approximate surface area is 80.9 Å². The Hall–Kier alpha value is -0.600. The van der Waals surface area contributed by atoms with Gasteiger partial charge in [-0.1, -0.05) is 23.8 Å². The number of rotatable bonds is 5. The van der Waals surface area contributed by atoms with E-state index in [2.05, 4.69) is 6.08 Å². The van der Waals surface area contributed by atoms with E-state index in [0.29, 0.717) is 0 Å². The van der Waals surface area contributed by atoms with Crippen molar-refractivity contribution in [1.29, 1.82) is 0 Å². The van der Waals surface area contributed by atoms with Crippen molar-refractivity contribution in [1.82, 2.24) is 0 Å². The summed E-state index contributed by atoms with van der Waals surface area (Å²) in [6.45, 7) is 6.14. The SMILES string of the molecule is COC(C)(C)/C=C/C/C(C)=C\CO. The second kappa shape index (κ2) is 5.95. The van der Waals surface area contributed by atoms with Crippen molar-refractivity contribution in [2.24, 2.45) is 0 Å². The van der Waals surface area contributed by atoms with E-state index in [-0.39, 0.29) is 12.2 Å². The van der Waals surface area contributed by atoms with Gasteiger partial charge in [-0.3, -0.25) is 0 Å². The summed E-state index contributed by atoms with van der Waals surface area (Å²) in [7, 11) is 1.70. The van der Waals surface area contributed by atoms with E-state index < -0.39 is 0 Å². The van der Waals surface area contributed by atoms with Crippen LogP contribution in [0.3, 0.4) is 0 Å². The largest absolute Gasteiger partial charge is 0.392 e. The molecule has 0 saturated heterocycles. The van der Waals surface area contributed by atoms with E-state index in [0.717, 1.165) is 6.42 Å². The first-order chi connectivity index (χ1) is 6.02. The molecule has 2 nitrogen and oxygen atoms in total. The maximum Gasteiger partial charge on any atom is 0.0802 e. The molecule has 0 heterocycles. The Morgan fingerprint density at radius 2 is 2.08 bits per heavy atom. The lowest BCUT2D eigenvalue weighted by Gasteiger charge is -2.17. The highest BCUT2D eigenvalue weighted by Crippen LogP contribution is 2.10. The fourth-order valence-electron chi connectivity index (χ4n) is 0.836.